The van der Waals surface area contributed by atoms with Crippen molar-refractivity contribution >= 4 is 14.6 Å². The van der Waals surface area contributed by atoms with Gasteiger partial charge in [0, 0.05) is 30.7 Å². The Balaban J connectivity index is 0.000000311. The van der Waals surface area contributed by atoms with E-state index in [0.29, 0.717) is 28.4 Å². The van der Waals surface area contributed by atoms with Crippen LogP contribution in [0.25, 0.3) is 22.8 Å². The third-order valence-corrected chi connectivity index (χ3v) is 8.38. The van der Waals surface area contributed by atoms with Crippen molar-refractivity contribution < 1.29 is 19.9 Å². The summed E-state index contributed by atoms with van der Waals surface area (Å²) in [5.41, 5.74) is 6.26. The molecular weight excluding hydrogens is 659 g/mol. The maximum absolute atomic E-state index is 10.9. The molecule has 0 saturated heterocycles. The lowest BCUT2D eigenvalue weighted by atomic mass is 9.79. The summed E-state index contributed by atoms with van der Waals surface area (Å²) in [4.78, 5) is 4.52. The van der Waals surface area contributed by atoms with Crippen LogP contribution in [0.4, 0.5) is 0 Å². The fourth-order valence-electron chi connectivity index (χ4n) is 5.18. The molecule has 0 unspecified atom stereocenters. The largest absolute Gasteiger partial charge is 0.507 e. The molecule has 4 aromatic carbocycles. The summed E-state index contributed by atoms with van der Waals surface area (Å²) in [6.45, 7) is 25.2. The highest BCUT2D eigenvalue weighted by molar-refractivity contribution is 5.84. The minimum Gasteiger partial charge on any atom is -0.507 e. The highest BCUT2D eigenvalue weighted by Crippen LogP contribution is 2.42. The van der Waals surface area contributed by atoms with Crippen LogP contribution in [0.5, 0.6) is 11.5 Å². The number of hydrogen-bond donors (Lipinski definition) is 3. The summed E-state index contributed by atoms with van der Waals surface area (Å²) in [7, 11) is 0. The first kappa shape index (κ1) is 43.8. The zero-order chi connectivity index (χ0) is 39.1. The minimum atomic E-state index is -0.202. The molecule has 9 heteroatoms. The van der Waals surface area contributed by atoms with E-state index in [1.807, 2.05) is 93.6 Å². The Bertz CT molecular complexity index is 2000. The Morgan fingerprint density at radius 1 is 0.660 bits per heavy atom. The Hall–Kier alpha value is -5.36. The van der Waals surface area contributed by atoms with Crippen molar-refractivity contribution in [2.24, 2.45) is 5.16 Å². The van der Waals surface area contributed by atoms with Crippen LogP contribution in [0.2, 0.25) is 0 Å². The normalized spacial score (nSPS) is 11.8. The van der Waals surface area contributed by atoms with Crippen LogP contribution in [0.3, 0.4) is 0 Å². The molecule has 0 bridgehead atoms. The number of nitrogens with zero attached hydrogens (tertiary/aromatic N) is 4. The van der Waals surface area contributed by atoms with E-state index in [9.17, 15) is 10.2 Å². The molecule has 1 aromatic heterocycles. The zero-order valence-corrected chi connectivity index (χ0v) is 33.3. The van der Waals surface area contributed by atoms with Crippen LogP contribution in [0.15, 0.2) is 94.6 Å². The van der Waals surface area contributed by atoms with Gasteiger partial charge in [0.1, 0.15) is 11.5 Å². The van der Waals surface area contributed by atoms with E-state index in [1.54, 1.807) is 12.1 Å². The smallest absolute Gasteiger partial charge is 0.258 e. The molecule has 1 heterocycles. The molecule has 5 rings (SSSR count). The standard InChI is InChI=1S/C22H26N2O2.C15H23NO2.C7H5N.B/c1-21(2,3)15-12-16(18(25)17(13-15)22(4,5)6)19-23-20(26-24-19)14-10-8-7-9-11-14;1-14(2,3)11-7-10(9-16-18)13(17)12(8-11)15(4,5)6;8-6-7-4-2-1-3-5-7;/h7-13,25H,1-6H3;7-9,17-18H,1-6H3;1-5H;/b;16-9+;;. The number of rotatable bonds is 3. The van der Waals surface area contributed by atoms with E-state index in [0.717, 1.165) is 27.8 Å². The predicted octanol–water partition coefficient (Wildman–Crippen LogP) is 10.7. The number of phenols is 2. The van der Waals surface area contributed by atoms with Gasteiger partial charge < -0.3 is 19.9 Å². The molecule has 0 fully saturated rings. The van der Waals surface area contributed by atoms with E-state index < -0.39 is 0 Å². The molecule has 3 radical (unpaired) electrons. The second-order valence-electron chi connectivity index (χ2n) is 16.9. The molecule has 0 aliphatic carbocycles. The second-order valence-corrected chi connectivity index (χ2v) is 16.9. The molecule has 8 nitrogen and oxygen atoms in total. The van der Waals surface area contributed by atoms with Gasteiger partial charge in [-0.15, -0.1) is 0 Å². The second kappa shape index (κ2) is 17.4. The van der Waals surface area contributed by atoms with Gasteiger partial charge in [0.25, 0.3) is 5.89 Å². The zero-order valence-electron chi connectivity index (χ0n) is 33.3. The van der Waals surface area contributed by atoms with Gasteiger partial charge in [-0.3, -0.25) is 0 Å². The number of nitriles is 1. The molecule has 0 amide bonds. The highest BCUT2D eigenvalue weighted by Gasteiger charge is 2.27. The summed E-state index contributed by atoms with van der Waals surface area (Å²) in [6.07, 6.45) is 1.28. The van der Waals surface area contributed by atoms with E-state index >= 15 is 0 Å². The highest BCUT2D eigenvalue weighted by atomic mass is 16.5. The summed E-state index contributed by atoms with van der Waals surface area (Å²) < 4.78 is 5.44. The summed E-state index contributed by atoms with van der Waals surface area (Å²) in [5, 5.41) is 45.3. The van der Waals surface area contributed by atoms with Crippen LogP contribution < -0.4 is 0 Å². The average Bonchev–Trinajstić information content (AvgIpc) is 3.55. The number of phenolic OH excluding ortho intramolecular Hbond substituents is 2. The summed E-state index contributed by atoms with van der Waals surface area (Å²) in [6, 6.07) is 28.7. The van der Waals surface area contributed by atoms with Crippen molar-refractivity contribution in [3.8, 4) is 40.4 Å². The van der Waals surface area contributed by atoms with Crippen molar-refractivity contribution in [3.05, 3.63) is 118 Å². The van der Waals surface area contributed by atoms with Crippen molar-refractivity contribution in [1.82, 2.24) is 10.1 Å². The predicted molar refractivity (Wildman–Crippen MR) is 216 cm³/mol. The number of benzene rings is 4. The third kappa shape index (κ3) is 11.8. The van der Waals surface area contributed by atoms with Gasteiger partial charge >= 0.3 is 0 Å². The average molecular weight is 714 g/mol. The molecule has 277 valence electrons. The van der Waals surface area contributed by atoms with Crippen LogP contribution in [-0.4, -0.2) is 40.2 Å². The molecule has 5 aromatic rings. The van der Waals surface area contributed by atoms with E-state index in [1.165, 1.54) is 6.21 Å². The molecule has 0 aliphatic rings. The van der Waals surface area contributed by atoms with E-state index in [-0.39, 0.29) is 41.6 Å². The molecule has 0 atom stereocenters. The van der Waals surface area contributed by atoms with Gasteiger partial charge in [-0.1, -0.05) is 142 Å². The number of hydrogen-bond acceptors (Lipinski definition) is 8. The SMILES string of the molecule is CC(C)(C)c1cc(-c2noc(-c3ccccc3)n2)c(O)c(C(C)(C)C)c1.CC(C)(C)c1cc(/C=N/O)c(O)c(C(C)(C)C)c1.N#Cc1ccccc1.[B]. The number of aromatic hydroxyl groups is 2. The van der Waals surface area contributed by atoms with Gasteiger partial charge in [-0.2, -0.15) is 10.2 Å². The number of oxime groups is 1. The fourth-order valence-corrected chi connectivity index (χ4v) is 5.18. The minimum absolute atomic E-state index is 0. The molecule has 53 heavy (non-hydrogen) atoms. The van der Waals surface area contributed by atoms with Gasteiger partial charge in [0.15, 0.2) is 0 Å². The molecule has 0 saturated carbocycles. The molecule has 0 spiro atoms. The van der Waals surface area contributed by atoms with Crippen molar-refractivity contribution in [2.45, 2.75) is 105 Å². The van der Waals surface area contributed by atoms with Crippen LogP contribution >= 0.6 is 0 Å². The topological polar surface area (TPSA) is 136 Å². The first-order chi connectivity index (χ1) is 24.1. The van der Waals surface area contributed by atoms with Crippen molar-refractivity contribution in [2.75, 3.05) is 0 Å². The third-order valence-electron chi connectivity index (χ3n) is 8.38. The first-order valence-corrected chi connectivity index (χ1v) is 17.4. The van der Waals surface area contributed by atoms with Gasteiger partial charge in [0.05, 0.1) is 23.4 Å². The number of aromatic nitrogens is 2. The Morgan fingerprint density at radius 2 is 1.13 bits per heavy atom. The van der Waals surface area contributed by atoms with E-state index in [2.05, 4.69) is 83.7 Å². The first-order valence-electron chi connectivity index (χ1n) is 17.4. The fraction of sp³-hybridized carbons (Fsp3) is 0.364. The van der Waals surface area contributed by atoms with Crippen LogP contribution in [-0.2, 0) is 21.7 Å². The van der Waals surface area contributed by atoms with Crippen molar-refractivity contribution in [3.63, 3.8) is 0 Å². The summed E-state index contributed by atoms with van der Waals surface area (Å²) in [5.74, 6) is 1.25. The maximum Gasteiger partial charge on any atom is 0.258 e. The van der Waals surface area contributed by atoms with Gasteiger partial charge in [-0.25, -0.2) is 0 Å². The molecular formula is C44H54BN4O4. The molecule has 0 aliphatic heterocycles. The van der Waals surface area contributed by atoms with Gasteiger partial charge in [0.2, 0.25) is 5.82 Å². The Morgan fingerprint density at radius 3 is 1.57 bits per heavy atom. The summed E-state index contributed by atoms with van der Waals surface area (Å²) >= 11 is 0. The quantitative estimate of drug-likeness (QED) is 0.0733. The van der Waals surface area contributed by atoms with Crippen LogP contribution in [0.1, 0.15) is 116 Å². The monoisotopic (exact) mass is 713 g/mol. The van der Waals surface area contributed by atoms with Gasteiger partial charge in [-0.05, 0) is 69.2 Å². The Labute approximate surface area is 317 Å². The molecule has 3 N–H and O–H groups in total. The lowest BCUT2D eigenvalue weighted by molar-refractivity contribution is 0.321. The lowest BCUT2D eigenvalue weighted by Gasteiger charge is -2.27. The maximum atomic E-state index is 10.9. The van der Waals surface area contributed by atoms with E-state index in [4.69, 9.17) is 15.0 Å². The van der Waals surface area contributed by atoms with Crippen LogP contribution in [0, 0.1) is 11.3 Å². The Kier molecular flexibility index (Phi) is 14.4. The lowest BCUT2D eigenvalue weighted by Crippen LogP contribution is -2.17. The van der Waals surface area contributed by atoms with Crippen molar-refractivity contribution in [1.29, 1.82) is 5.26 Å².